The van der Waals surface area contributed by atoms with Gasteiger partial charge in [0, 0.05) is 0 Å². The summed E-state index contributed by atoms with van der Waals surface area (Å²) in [5, 5.41) is 51.3. The summed E-state index contributed by atoms with van der Waals surface area (Å²) in [6, 6.07) is 0. The molecule has 75 valence electrons. The third-order valence-corrected chi connectivity index (χ3v) is 10.5. The molecular weight excluding hydrogens is 380 g/mol. The zero-order chi connectivity index (χ0) is 12.3. The van der Waals surface area contributed by atoms with Crippen LogP contribution < -0.4 is 0 Å². The molecule has 0 amide bonds. The first kappa shape index (κ1) is 12.2. The van der Waals surface area contributed by atoms with Crippen molar-refractivity contribution in [3.63, 3.8) is 0 Å². The maximum absolute atomic E-state index is 12.2. The van der Waals surface area contributed by atoms with E-state index in [1.54, 1.807) is 0 Å². The fraction of sp³-hybridized carbons (Fsp3) is 0. The van der Waals surface area contributed by atoms with Gasteiger partial charge in [0.25, 0.3) is 0 Å². The van der Waals surface area contributed by atoms with E-state index in [0.29, 0.717) is 29.2 Å². The van der Waals surface area contributed by atoms with E-state index in [-0.39, 0.29) is 0 Å². The van der Waals surface area contributed by atoms with Crippen LogP contribution in [0.1, 0.15) is 0 Å². The summed E-state index contributed by atoms with van der Waals surface area (Å²) in [5.74, 6) is 0. The monoisotopic (exact) mass is 381 g/mol. The van der Waals surface area contributed by atoms with Crippen molar-refractivity contribution in [3.05, 3.63) is 0 Å². The molecule has 9 heteroatoms. The molecule has 0 spiro atoms. The van der Waals surface area contributed by atoms with Gasteiger partial charge >= 0.3 is 79.7 Å². The molecule has 0 N–H and O–H groups in total. The van der Waals surface area contributed by atoms with Crippen LogP contribution in [-0.2, 0) is 19.0 Å². The minimum absolute atomic E-state index is 0.552. The number of nitriles is 6. The van der Waals surface area contributed by atoms with Crippen LogP contribution in [0.4, 0.5) is 0 Å². The molecule has 0 rings (SSSR count). The molecule has 0 radical (unpaired) electrons. The normalized spacial score (nSPS) is 15.7. The van der Waals surface area contributed by atoms with Crippen molar-refractivity contribution in [2.45, 2.75) is 0 Å². The minimum atomic E-state index is -8.74. The van der Waals surface area contributed by atoms with E-state index in [1.165, 1.54) is 0 Å². The number of nitrogens with zero attached hydrogens (tertiary/aromatic N) is 6. The molecule has 0 aromatic carbocycles. The number of rotatable bonds is 1. The van der Waals surface area contributed by atoms with Crippen LogP contribution in [0.15, 0.2) is 0 Å². The molecule has 0 aliphatic heterocycles. The fourth-order valence-corrected chi connectivity index (χ4v) is 2.71. The topological polar surface area (TPSA) is 169 Å². The SMILES string of the molecule is N#C[O][Ir](=[O])([C]#N)([C]#N)([C]#N)([C]#N)[C]#N. The van der Waals surface area contributed by atoms with Gasteiger partial charge in [0.1, 0.15) is 0 Å². The first-order valence-electron chi connectivity index (χ1n) is 2.65. The third kappa shape index (κ3) is 0.808. The summed E-state index contributed by atoms with van der Waals surface area (Å²) < 4.78 is 18.6. The second kappa shape index (κ2) is 1.83. The molecule has 8 nitrogen and oxygen atoms in total. The van der Waals surface area contributed by atoms with E-state index in [0.717, 1.165) is 0 Å². The van der Waals surface area contributed by atoms with Crippen molar-refractivity contribution in [2.75, 3.05) is 0 Å². The third-order valence-electron chi connectivity index (χ3n) is 1.28. The zero-order valence-corrected chi connectivity index (χ0v) is 9.23. The summed E-state index contributed by atoms with van der Waals surface area (Å²) in [4.78, 5) is 0. The van der Waals surface area contributed by atoms with E-state index in [9.17, 15) is 3.50 Å². The quantitative estimate of drug-likeness (QED) is 0.568. The number of hydrogen-bond acceptors (Lipinski definition) is 8. The number of hydrogen-bond donors (Lipinski definition) is 0. The van der Waals surface area contributed by atoms with Crippen LogP contribution in [0.2, 0.25) is 0 Å². The van der Waals surface area contributed by atoms with Gasteiger partial charge in [-0.05, 0) is 0 Å². The molecule has 0 saturated heterocycles. The molecule has 0 atom stereocenters. The Hall–Kier alpha value is -2.81. The first-order valence-corrected chi connectivity index (χ1v) is 10.6. The molecule has 0 aliphatic rings. The van der Waals surface area contributed by atoms with Gasteiger partial charge in [-0.1, -0.05) is 0 Å². The van der Waals surface area contributed by atoms with Gasteiger partial charge < -0.3 is 0 Å². The predicted octanol–water partition coefficient (Wildman–Crippen LogP) is -0.0890. The van der Waals surface area contributed by atoms with Gasteiger partial charge in [-0.25, -0.2) is 0 Å². The second-order valence-corrected chi connectivity index (χ2v) is 16.5. The van der Waals surface area contributed by atoms with Crippen LogP contribution in [0.3, 0.4) is 0 Å². The Kier molecular flexibility index (Phi) is 1.49. The van der Waals surface area contributed by atoms with Crippen LogP contribution in [0, 0.1) is 60.7 Å². The molecule has 0 fully saturated rings. The van der Waals surface area contributed by atoms with E-state index in [1.807, 2.05) is 0 Å². The molecule has 0 saturated carbocycles. The average Bonchev–Trinajstić information content (AvgIpc) is 2.32. The molecule has 0 bridgehead atoms. The van der Waals surface area contributed by atoms with Gasteiger partial charge in [-0.3, -0.25) is 0 Å². The molecule has 15 heavy (non-hydrogen) atoms. The Bertz CT molecular complexity index is 602. The molecule has 0 aliphatic carbocycles. The maximum atomic E-state index is 12.2. The Morgan fingerprint density at radius 1 is 0.733 bits per heavy atom. The predicted molar refractivity (Wildman–Crippen MR) is 35.4 cm³/mol. The van der Waals surface area contributed by atoms with Crippen molar-refractivity contribution in [1.29, 1.82) is 31.6 Å². The van der Waals surface area contributed by atoms with Crippen molar-refractivity contribution in [1.82, 2.24) is 0 Å². The van der Waals surface area contributed by atoms with Crippen LogP contribution in [0.5, 0.6) is 0 Å². The van der Waals surface area contributed by atoms with Crippen molar-refractivity contribution < 1.29 is 19.0 Å². The molecule has 0 heterocycles. The van der Waals surface area contributed by atoms with Crippen molar-refractivity contribution in [3.8, 4) is 29.2 Å². The Morgan fingerprint density at radius 2 is 1.00 bits per heavy atom. The van der Waals surface area contributed by atoms with Crippen LogP contribution >= 0.6 is 0 Å². The second-order valence-electron chi connectivity index (χ2n) is 2.10. The fourth-order valence-electron chi connectivity index (χ4n) is 0.331. The van der Waals surface area contributed by atoms with E-state index >= 15 is 0 Å². The molecule has 0 aromatic rings. The first-order chi connectivity index (χ1) is 6.72. The van der Waals surface area contributed by atoms with E-state index in [4.69, 9.17) is 31.6 Å². The van der Waals surface area contributed by atoms with Gasteiger partial charge in [0.15, 0.2) is 0 Å². The van der Waals surface area contributed by atoms with E-state index in [2.05, 4.69) is 3.50 Å². The van der Waals surface area contributed by atoms with Crippen LogP contribution in [-0.4, -0.2) is 0 Å². The Labute approximate surface area is 80.1 Å². The standard InChI is InChI=1S/CHNO.5CN.Ir.O/c2-1-3;5*1-2;;/h3H;;;;;;;/q;;;;;;+1;/p-1. The Morgan fingerprint density at radius 3 is 1.07 bits per heavy atom. The summed E-state index contributed by atoms with van der Waals surface area (Å²) >= 11 is -8.74. The Balaban J connectivity index is 7.55. The summed E-state index contributed by atoms with van der Waals surface area (Å²) in [6.45, 7) is 0. The van der Waals surface area contributed by atoms with Crippen molar-refractivity contribution in [2.24, 2.45) is 0 Å². The van der Waals surface area contributed by atoms with Gasteiger partial charge in [-0.15, -0.1) is 0 Å². The van der Waals surface area contributed by atoms with E-state index < -0.39 is 12.0 Å². The molecule has 0 unspecified atom stereocenters. The summed E-state index contributed by atoms with van der Waals surface area (Å²) in [6.07, 6.45) is 0.640. The van der Waals surface area contributed by atoms with Gasteiger partial charge in [-0.2, -0.15) is 0 Å². The van der Waals surface area contributed by atoms with Gasteiger partial charge in [0.2, 0.25) is 0 Å². The van der Waals surface area contributed by atoms with Gasteiger partial charge in [0.05, 0.1) is 0 Å². The molecule has 0 aromatic heterocycles. The molecular formula is C6IrN6O2. The van der Waals surface area contributed by atoms with Crippen molar-refractivity contribution >= 4 is 0 Å². The average molecular weight is 380 g/mol. The van der Waals surface area contributed by atoms with Crippen LogP contribution in [0.25, 0.3) is 0 Å². The summed E-state index contributed by atoms with van der Waals surface area (Å²) in [7, 11) is 0. The summed E-state index contributed by atoms with van der Waals surface area (Å²) in [5.41, 5.74) is 0. The zero-order valence-electron chi connectivity index (χ0n) is 6.83.